The number of halogens is 1. The molecular formula is C32H35ClN4O. The van der Waals surface area contributed by atoms with E-state index in [9.17, 15) is 0 Å². The molecule has 0 saturated carbocycles. The molecule has 5 aromatic rings. The van der Waals surface area contributed by atoms with E-state index in [-0.39, 0.29) is 0 Å². The number of rotatable bonds is 12. The number of aromatic nitrogens is 3. The molecule has 38 heavy (non-hydrogen) atoms. The van der Waals surface area contributed by atoms with Crippen LogP contribution in [0.4, 0.5) is 5.82 Å². The Hall–Kier alpha value is -3.41. The Morgan fingerprint density at radius 2 is 1.50 bits per heavy atom. The van der Waals surface area contributed by atoms with Crippen molar-refractivity contribution in [2.24, 2.45) is 5.92 Å². The molecule has 5 rings (SSSR count). The monoisotopic (exact) mass is 526 g/mol. The number of nitrogens with zero attached hydrogens (tertiary/aromatic N) is 4. The van der Waals surface area contributed by atoms with Gasteiger partial charge in [0.1, 0.15) is 18.1 Å². The van der Waals surface area contributed by atoms with Gasteiger partial charge in [-0.2, -0.15) is 0 Å². The molecule has 0 saturated heterocycles. The average molecular weight is 527 g/mol. The van der Waals surface area contributed by atoms with Gasteiger partial charge in [0.2, 0.25) is 0 Å². The zero-order chi connectivity index (χ0) is 26.3. The predicted molar refractivity (Wildman–Crippen MR) is 158 cm³/mol. The van der Waals surface area contributed by atoms with E-state index in [1.54, 1.807) is 0 Å². The molecule has 0 bridgehead atoms. The molecule has 0 spiro atoms. The summed E-state index contributed by atoms with van der Waals surface area (Å²) in [6, 6.07) is 29.5. The van der Waals surface area contributed by atoms with Crippen molar-refractivity contribution in [1.82, 2.24) is 14.5 Å². The normalized spacial score (nSPS) is 12.3. The van der Waals surface area contributed by atoms with E-state index in [0.717, 1.165) is 59.5 Å². The highest BCUT2D eigenvalue weighted by Crippen LogP contribution is 2.34. The molecule has 1 unspecified atom stereocenters. The number of anilines is 1. The number of imidazole rings is 1. The first kappa shape index (κ1) is 26.2. The molecule has 0 radical (unpaired) electrons. The van der Waals surface area contributed by atoms with Gasteiger partial charge in [0.25, 0.3) is 0 Å². The SMILES string of the molecule is CCOCn1c(CCC(C)CCl)nc2c(N(Cc3ccccc3)Cc3ccccc3)nc3ccccc3c21. The van der Waals surface area contributed by atoms with E-state index in [4.69, 9.17) is 26.3 Å². The van der Waals surface area contributed by atoms with Crippen LogP contribution in [-0.2, 0) is 31.0 Å². The van der Waals surface area contributed by atoms with Crippen molar-refractivity contribution in [1.29, 1.82) is 0 Å². The van der Waals surface area contributed by atoms with E-state index >= 15 is 0 Å². The molecule has 6 heteroatoms. The molecule has 0 amide bonds. The minimum absolute atomic E-state index is 0.416. The van der Waals surface area contributed by atoms with Crippen molar-refractivity contribution in [3.05, 3.63) is 102 Å². The summed E-state index contributed by atoms with van der Waals surface area (Å²) in [5, 5.41) is 1.09. The highest BCUT2D eigenvalue weighted by Gasteiger charge is 2.22. The van der Waals surface area contributed by atoms with Gasteiger partial charge in [-0.05, 0) is 36.5 Å². The summed E-state index contributed by atoms with van der Waals surface area (Å²) in [7, 11) is 0. The average Bonchev–Trinajstić information content (AvgIpc) is 3.33. The summed E-state index contributed by atoms with van der Waals surface area (Å²) >= 11 is 6.15. The maximum atomic E-state index is 6.15. The van der Waals surface area contributed by atoms with Crippen molar-refractivity contribution in [2.45, 2.75) is 46.5 Å². The first-order valence-electron chi connectivity index (χ1n) is 13.4. The van der Waals surface area contributed by atoms with Crippen molar-refractivity contribution < 1.29 is 4.74 Å². The van der Waals surface area contributed by atoms with E-state index in [2.05, 4.69) is 101 Å². The molecule has 0 aliphatic rings. The van der Waals surface area contributed by atoms with Gasteiger partial charge in [0.15, 0.2) is 5.82 Å². The lowest BCUT2D eigenvalue weighted by molar-refractivity contribution is 0.0885. The van der Waals surface area contributed by atoms with Gasteiger partial charge in [0.05, 0.1) is 11.0 Å². The highest BCUT2D eigenvalue weighted by atomic mass is 35.5. The van der Waals surface area contributed by atoms with Crippen LogP contribution in [0, 0.1) is 5.92 Å². The van der Waals surface area contributed by atoms with Gasteiger partial charge in [0, 0.05) is 37.4 Å². The van der Waals surface area contributed by atoms with E-state index in [1.165, 1.54) is 11.1 Å². The molecule has 0 fully saturated rings. The van der Waals surface area contributed by atoms with Crippen molar-refractivity contribution in [3.8, 4) is 0 Å². The number of benzene rings is 3. The summed E-state index contributed by atoms with van der Waals surface area (Å²) in [5.41, 5.74) is 5.43. The fraction of sp³-hybridized carbons (Fsp3) is 0.312. The third-order valence-electron chi connectivity index (χ3n) is 6.92. The summed E-state index contributed by atoms with van der Waals surface area (Å²) < 4.78 is 8.21. The number of pyridine rings is 1. The smallest absolute Gasteiger partial charge is 0.158 e. The second-order valence-electron chi connectivity index (χ2n) is 9.85. The van der Waals surface area contributed by atoms with Gasteiger partial charge in [-0.1, -0.05) is 85.8 Å². The molecule has 0 N–H and O–H groups in total. The van der Waals surface area contributed by atoms with Crippen LogP contribution < -0.4 is 4.90 Å². The van der Waals surface area contributed by atoms with Gasteiger partial charge in [-0.25, -0.2) is 9.97 Å². The Labute approximate surface area is 230 Å². The molecular weight excluding hydrogens is 492 g/mol. The molecule has 0 aliphatic carbocycles. The second-order valence-corrected chi connectivity index (χ2v) is 10.2. The van der Waals surface area contributed by atoms with Crippen LogP contribution in [0.15, 0.2) is 84.9 Å². The number of para-hydroxylation sites is 1. The lowest BCUT2D eigenvalue weighted by Crippen LogP contribution is -2.23. The third-order valence-corrected chi connectivity index (χ3v) is 7.45. The maximum Gasteiger partial charge on any atom is 0.158 e. The summed E-state index contributed by atoms with van der Waals surface area (Å²) in [6.07, 6.45) is 1.80. The Bertz CT molecular complexity index is 1430. The summed E-state index contributed by atoms with van der Waals surface area (Å²) in [6.45, 7) is 6.77. The number of aryl methyl sites for hydroxylation is 1. The van der Waals surface area contributed by atoms with Crippen LogP contribution in [0.25, 0.3) is 21.9 Å². The largest absolute Gasteiger partial charge is 0.361 e. The number of hydrogen-bond acceptors (Lipinski definition) is 4. The van der Waals surface area contributed by atoms with Crippen molar-refractivity contribution in [3.63, 3.8) is 0 Å². The van der Waals surface area contributed by atoms with Crippen LogP contribution in [-0.4, -0.2) is 27.0 Å². The molecule has 2 heterocycles. The minimum Gasteiger partial charge on any atom is -0.361 e. The van der Waals surface area contributed by atoms with Crippen LogP contribution >= 0.6 is 11.6 Å². The lowest BCUT2D eigenvalue weighted by atomic mass is 10.1. The molecule has 3 aromatic carbocycles. The third kappa shape index (κ3) is 5.85. The Morgan fingerprint density at radius 1 is 0.868 bits per heavy atom. The number of hydrogen-bond donors (Lipinski definition) is 0. The van der Waals surface area contributed by atoms with Crippen LogP contribution in [0.3, 0.4) is 0 Å². The fourth-order valence-corrected chi connectivity index (χ4v) is 5.02. The second kappa shape index (κ2) is 12.4. The maximum absolute atomic E-state index is 6.15. The lowest BCUT2D eigenvalue weighted by Gasteiger charge is -2.25. The van der Waals surface area contributed by atoms with Gasteiger partial charge in [-0.15, -0.1) is 11.6 Å². The molecule has 196 valence electrons. The van der Waals surface area contributed by atoms with Crippen molar-refractivity contribution >= 4 is 39.4 Å². The molecule has 5 nitrogen and oxygen atoms in total. The van der Waals surface area contributed by atoms with Crippen LogP contribution in [0.1, 0.15) is 37.2 Å². The fourth-order valence-electron chi connectivity index (χ4n) is 4.87. The zero-order valence-corrected chi connectivity index (χ0v) is 22.9. The van der Waals surface area contributed by atoms with Crippen molar-refractivity contribution in [2.75, 3.05) is 17.4 Å². The topological polar surface area (TPSA) is 43.2 Å². The van der Waals surface area contributed by atoms with Gasteiger partial charge < -0.3 is 14.2 Å². The number of fused-ring (bicyclic) bond motifs is 3. The number of alkyl halides is 1. The van der Waals surface area contributed by atoms with E-state index in [1.807, 2.05) is 6.92 Å². The quantitative estimate of drug-likeness (QED) is 0.157. The van der Waals surface area contributed by atoms with Crippen LogP contribution in [0.5, 0.6) is 0 Å². The van der Waals surface area contributed by atoms with Gasteiger partial charge >= 0.3 is 0 Å². The standard InChI is InChI=1S/C32H35ClN4O/c1-3-38-23-37-29(19-18-24(2)20-33)35-30-31(37)27-16-10-11-17-28(27)34-32(30)36(21-25-12-6-4-7-13-25)22-26-14-8-5-9-15-26/h4-17,24H,3,18-23H2,1-2H3. The predicted octanol–water partition coefficient (Wildman–Crippen LogP) is 7.59. The van der Waals surface area contributed by atoms with Crippen LogP contribution in [0.2, 0.25) is 0 Å². The highest BCUT2D eigenvalue weighted by molar-refractivity contribution is 6.18. The first-order valence-corrected chi connectivity index (χ1v) is 14.0. The number of ether oxygens (including phenoxy) is 1. The Balaban J connectivity index is 1.70. The van der Waals surface area contributed by atoms with Gasteiger partial charge in [-0.3, -0.25) is 0 Å². The van der Waals surface area contributed by atoms with E-state index in [0.29, 0.717) is 25.1 Å². The Morgan fingerprint density at radius 3 is 2.13 bits per heavy atom. The van der Waals surface area contributed by atoms with E-state index < -0.39 is 0 Å². The Kier molecular flexibility index (Phi) is 8.57. The summed E-state index contributed by atoms with van der Waals surface area (Å²) in [5.74, 6) is 2.97. The minimum atomic E-state index is 0.416. The first-order chi connectivity index (χ1) is 18.7. The molecule has 0 aliphatic heterocycles. The molecule has 2 aromatic heterocycles. The molecule has 1 atom stereocenters. The zero-order valence-electron chi connectivity index (χ0n) is 22.2. The summed E-state index contributed by atoms with van der Waals surface area (Å²) in [4.78, 5) is 12.8.